The molecular weight excluding hydrogens is 370 g/mol. The molecule has 0 spiro atoms. The van der Waals surface area contributed by atoms with Crippen LogP contribution in [0.4, 0.5) is 0 Å². The Labute approximate surface area is 167 Å². The molecule has 0 bridgehead atoms. The summed E-state index contributed by atoms with van der Waals surface area (Å²) >= 11 is 0. The molecule has 0 atom stereocenters. The summed E-state index contributed by atoms with van der Waals surface area (Å²) in [6.45, 7) is 2.78. The molecule has 0 radical (unpaired) electrons. The highest BCUT2D eigenvalue weighted by Crippen LogP contribution is 2.33. The third-order valence-electron chi connectivity index (χ3n) is 4.68. The van der Waals surface area contributed by atoms with E-state index in [1.807, 2.05) is 36.4 Å². The third-order valence-corrected chi connectivity index (χ3v) is 4.68. The van der Waals surface area contributed by atoms with Crippen molar-refractivity contribution in [1.82, 2.24) is 10.3 Å². The van der Waals surface area contributed by atoms with Crippen LogP contribution in [0.1, 0.15) is 30.0 Å². The summed E-state index contributed by atoms with van der Waals surface area (Å²) in [6.07, 6.45) is 0. The van der Waals surface area contributed by atoms with Crippen molar-refractivity contribution < 1.29 is 19.8 Å². The zero-order valence-electron chi connectivity index (χ0n) is 15.9. The zero-order chi connectivity index (χ0) is 21.2. The Balaban J connectivity index is 2.03. The molecule has 0 saturated heterocycles. The number of carbonyl (C=O) groups is 2. The highest BCUT2D eigenvalue weighted by Gasteiger charge is 2.29. The number of pyridine rings is 1. The molecule has 1 aromatic heterocycles. The van der Waals surface area contributed by atoms with Gasteiger partial charge in [0.05, 0.1) is 5.41 Å². The average molecular weight is 389 g/mol. The van der Waals surface area contributed by atoms with E-state index in [1.54, 1.807) is 18.2 Å². The maximum Gasteiger partial charge on any atom is 0.310 e. The van der Waals surface area contributed by atoms with Gasteiger partial charge in [0.1, 0.15) is 11.8 Å². The Morgan fingerprint density at radius 2 is 1.79 bits per heavy atom. The van der Waals surface area contributed by atoms with Crippen LogP contribution in [0.3, 0.4) is 0 Å². The number of benzene rings is 2. The number of nitriles is 1. The van der Waals surface area contributed by atoms with Gasteiger partial charge in [-0.1, -0.05) is 36.4 Å². The van der Waals surface area contributed by atoms with Gasteiger partial charge in [-0.15, -0.1) is 0 Å². The summed E-state index contributed by atoms with van der Waals surface area (Å²) in [4.78, 5) is 27.7. The van der Waals surface area contributed by atoms with Gasteiger partial charge in [0.15, 0.2) is 11.4 Å². The normalized spacial score (nSPS) is 11.1. The van der Waals surface area contributed by atoms with Crippen LogP contribution < -0.4 is 5.32 Å². The maximum atomic E-state index is 12.5. The molecule has 29 heavy (non-hydrogen) atoms. The second-order valence-corrected chi connectivity index (χ2v) is 7.27. The molecule has 0 fully saturated rings. The number of nitrogens with zero attached hydrogens (tertiary/aromatic N) is 2. The van der Waals surface area contributed by atoms with Crippen LogP contribution in [0.2, 0.25) is 0 Å². The number of hydrogen-bond donors (Lipinski definition) is 3. The first kappa shape index (κ1) is 19.8. The molecule has 2 aromatic carbocycles. The number of fused-ring (bicyclic) bond motifs is 1. The average Bonchev–Trinajstić information content (AvgIpc) is 2.72. The van der Waals surface area contributed by atoms with Crippen molar-refractivity contribution >= 4 is 22.6 Å². The number of carboxylic acid groups (broad SMARTS) is 1. The molecule has 0 unspecified atom stereocenters. The fourth-order valence-corrected chi connectivity index (χ4v) is 2.81. The number of carboxylic acids is 1. The lowest BCUT2D eigenvalue weighted by Crippen LogP contribution is -2.39. The molecule has 0 aliphatic heterocycles. The summed E-state index contributed by atoms with van der Waals surface area (Å²) in [6, 6.07) is 16.7. The fourth-order valence-electron chi connectivity index (χ4n) is 2.81. The number of aromatic hydroxyl groups is 1. The van der Waals surface area contributed by atoms with E-state index < -0.39 is 17.3 Å². The van der Waals surface area contributed by atoms with E-state index in [9.17, 15) is 20.0 Å². The Hall–Kier alpha value is -3.92. The summed E-state index contributed by atoms with van der Waals surface area (Å²) in [7, 11) is 0. The molecule has 7 heteroatoms. The summed E-state index contributed by atoms with van der Waals surface area (Å²) in [5.41, 5.74) is 0.276. The van der Waals surface area contributed by atoms with E-state index in [0.717, 1.165) is 11.1 Å². The van der Waals surface area contributed by atoms with Crippen molar-refractivity contribution in [3.63, 3.8) is 0 Å². The van der Waals surface area contributed by atoms with Crippen molar-refractivity contribution in [2.75, 3.05) is 6.54 Å². The van der Waals surface area contributed by atoms with E-state index >= 15 is 0 Å². The van der Waals surface area contributed by atoms with Gasteiger partial charge in [-0.2, -0.15) is 5.26 Å². The first-order chi connectivity index (χ1) is 13.7. The predicted molar refractivity (Wildman–Crippen MR) is 107 cm³/mol. The van der Waals surface area contributed by atoms with Crippen LogP contribution >= 0.6 is 0 Å². The molecule has 3 N–H and O–H groups in total. The predicted octanol–water partition coefficient (Wildman–Crippen LogP) is 3.32. The van der Waals surface area contributed by atoms with E-state index in [1.165, 1.54) is 13.8 Å². The van der Waals surface area contributed by atoms with Gasteiger partial charge in [0.25, 0.3) is 5.91 Å². The number of aliphatic carboxylic acids is 1. The number of amides is 1. The Kier molecular flexibility index (Phi) is 5.20. The van der Waals surface area contributed by atoms with Crippen molar-refractivity contribution in [2.24, 2.45) is 5.41 Å². The monoisotopic (exact) mass is 389 g/mol. The summed E-state index contributed by atoms with van der Waals surface area (Å²) in [5, 5.41) is 32.5. The van der Waals surface area contributed by atoms with E-state index in [-0.39, 0.29) is 23.7 Å². The van der Waals surface area contributed by atoms with Crippen LogP contribution in [0, 0.1) is 16.7 Å². The maximum absolute atomic E-state index is 12.5. The lowest BCUT2D eigenvalue weighted by molar-refractivity contribution is -0.146. The molecule has 0 aliphatic rings. The molecule has 0 saturated carbocycles. The lowest BCUT2D eigenvalue weighted by atomic mass is 9.94. The fraction of sp³-hybridized carbons (Fsp3) is 0.182. The van der Waals surface area contributed by atoms with Gasteiger partial charge in [0, 0.05) is 17.3 Å². The van der Waals surface area contributed by atoms with Crippen molar-refractivity contribution in [3.05, 3.63) is 59.9 Å². The molecule has 7 nitrogen and oxygen atoms in total. The minimum atomic E-state index is -1.19. The quantitative estimate of drug-likeness (QED) is 0.615. The highest BCUT2D eigenvalue weighted by atomic mass is 16.4. The van der Waals surface area contributed by atoms with Gasteiger partial charge in [-0.25, -0.2) is 4.98 Å². The highest BCUT2D eigenvalue weighted by molar-refractivity contribution is 6.04. The van der Waals surface area contributed by atoms with Crippen molar-refractivity contribution in [1.29, 1.82) is 5.26 Å². The number of carbonyl (C=O) groups excluding carboxylic acids is 1. The molecular formula is C22H19N3O4. The van der Waals surface area contributed by atoms with Gasteiger partial charge in [-0.3, -0.25) is 9.59 Å². The van der Waals surface area contributed by atoms with Gasteiger partial charge < -0.3 is 15.5 Å². The topological polar surface area (TPSA) is 123 Å². The number of nitrogens with one attached hydrogen (secondary N) is 1. The first-order valence-corrected chi connectivity index (χ1v) is 8.88. The second-order valence-electron chi connectivity index (χ2n) is 7.27. The molecule has 3 aromatic rings. The van der Waals surface area contributed by atoms with Crippen LogP contribution in [0.25, 0.3) is 21.9 Å². The second kappa shape index (κ2) is 7.60. The number of aromatic nitrogens is 1. The SMILES string of the molecule is CC(C)(CNC(=O)c1nc(C#N)c2cc(-c3ccccc3)ccc2c1O)C(=O)O. The van der Waals surface area contributed by atoms with Gasteiger partial charge >= 0.3 is 5.97 Å². The third kappa shape index (κ3) is 3.87. The zero-order valence-corrected chi connectivity index (χ0v) is 15.9. The van der Waals surface area contributed by atoms with E-state index in [0.29, 0.717) is 10.8 Å². The molecule has 0 aliphatic carbocycles. The van der Waals surface area contributed by atoms with Crippen molar-refractivity contribution in [2.45, 2.75) is 13.8 Å². The van der Waals surface area contributed by atoms with E-state index in [2.05, 4.69) is 10.3 Å². The molecule has 1 amide bonds. The molecule has 1 heterocycles. The Morgan fingerprint density at radius 1 is 1.10 bits per heavy atom. The smallest absolute Gasteiger partial charge is 0.310 e. The minimum Gasteiger partial charge on any atom is -0.505 e. The van der Waals surface area contributed by atoms with Crippen LogP contribution in [-0.4, -0.2) is 33.6 Å². The Morgan fingerprint density at radius 3 is 2.41 bits per heavy atom. The Bertz CT molecular complexity index is 1150. The van der Waals surface area contributed by atoms with Gasteiger partial charge in [0.2, 0.25) is 0 Å². The van der Waals surface area contributed by atoms with Crippen LogP contribution in [0.5, 0.6) is 5.75 Å². The molecule has 146 valence electrons. The summed E-state index contributed by atoms with van der Waals surface area (Å²) < 4.78 is 0. The van der Waals surface area contributed by atoms with Crippen LogP contribution in [-0.2, 0) is 4.79 Å². The first-order valence-electron chi connectivity index (χ1n) is 8.88. The largest absolute Gasteiger partial charge is 0.505 e. The standard InChI is InChI=1S/C22H19N3O4/c1-22(2,21(28)29)12-24-20(27)18-19(26)15-9-8-14(13-6-4-3-5-7-13)10-16(15)17(11-23)25-18/h3-10,26H,12H2,1-2H3,(H,24,27)(H,28,29). The van der Waals surface area contributed by atoms with Crippen LogP contribution in [0.15, 0.2) is 48.5 Å². The van der Waals surface area contributed by atoms with Crippen molar-refractivity contribution in [3.8, 4) is 22.9 Å². The number of rotatable bonds is 5. The lowest BCUT2D eigenvalue weighted by Gasteiger charge is -2.19. The van der Waals surface area contributed by atoms with E-state index in [4.69, 9.17) is 5.11 Å². The summed E-state index contributed by atoms with van der Waals surface area (Å²) in [5.74, 6) is -2.17. The molecule has 3 rings (SSSR count). The number of hydrogen-bond acceptors (Lipinski definition) is 5. The minimum absolute atomic E-state index is 0.00164. The van der Waals surface area contributed by atoms with Gasteiger partial charge in [-0.05, 0) is 37.1 Å².